The molecule has 1 aromatic carbocycles. The molecule has 0 radical (unpaired) electrons. The van der Waals surface area contributed by atoms with Crippen molar-refractivity contribution >= 4 is 13.3 Å². The van der Waals surface area contributed by atoms with Crippen molar-refractivity contribution in [1.82, 2.24) is 0 Å². The first-order chi connectivity index (χ1) is 16.8. The summed E-state index contributed by atoms with van der Waals surface area (Å²) in [5.41, 5.74) is 2.01. The average Bonchev–Trinajstić information content (AvgIpc) is 3.52. The van der Waals surface area contributed by atoms with Crippen molar-refractivity contribution in [3.63, 3.8) is 0 Å². The van der Waals surface area contributed by atoms with Crippen molar-refractivity contribution in [3.05, 3.63) is 54.6 Å². The number of unbranched alkanes of at least 4 members (excludes halogenated alkanes) is 6. The largest absolute Gasteiger partial charge is 0.0936 e. The molecule has 3 fully saturated rings. The topological polar surface area (TPSA) is 0 Å². The van der Waals surface area contributed by atoms with Gasteiger partial charge < -0.3 is 0 Å². The summed E-state index contributed by atoms with van der Waals surface area (Å²) >= 11 is 0. The van der Waals surface area contributed by atoms with E-state index in [1.807, 2.05) is 5.19 Å². The second-order valence-corrected chi connectivity index (χ2v) is 17.0. The Balaban J connectivity index is 1.46. The lowest BCUT2D eigenvalue weighted by molar-refractivity contribution is 0.273. The lowest BCUT2D eigenvalue weighted by Gasteiger charge is -2.49. The second kappa shape index (κ2) is 11.8. The van der Waals surface area contributed by atoms with Gasteiger partial charge in [-0.15, -0.1) is 0 Å². The molecule has 186 valence electrons. The van der Waals surface area contributed by atoms with Crippen LogP contribution in [0, 0.1) is 23.7 Å². The molecule has 1 aromatic rings. The highest BCUT2D eigenvalue weighted by molar-refractivity contribution is 6.94. The minimum absolute atomic E-state index is 0.822. The minimum Gasteiger partial charge on any atom is -0.0808 e. The van der Waals surface area contributed by atoms with E-state index < -0.39 is 8.07 Å². The summed E-state index contributed by atoms with van der Waals surface area (Å²) in [7, 11) is -1.68. The van der Waals surface area contributed by atoms with Gasteiger partial charge in [-0.05, 0) is 41.2 Å². The molecule has 5 rings (SSSR count). The normalized spacial score (nSPS) is 34.0. The van der Waals surface area contributed by atoms with E-state index in [0.717, 1.165) is 34.8 Å². The fourth-order valence-electron chi connectivity index (χ4n) is 9.27. The molecule has 1 heteroatoms. The van der Waals surface area contributed by atoms with Crippen LogP contribution in [-0.4, -0.2) is 8.07 Å². The Labute approximate surface area is 211 Å². The number of benzene rings is 1. The van der Waals surface area contributed by atoms with Crippen LogP contribution < -0.4 is 5.19 Å². The standard InChI is InChI=1S/C33H50Si/c1-2-3-4-5-6-7-15-26-34(29-18-9-8-10-19-29,32-24-22-27-16-11-13-20-30(27)32)33-25-23-28-17-12-14-21-31(28)33/h8-11,13,16,18-20,27-28,30-33H,2-7,12,14-15,17,21-26H2,1H3/t27?,28?,30?,31?,32-,33?,34-/m0/s1. The van der Waals surface area contributed by atoms with E-state index in [9.17, 15) is 0 Å². The van der Waals surface area contributed by atoms with Gasteiger partial charge in [0.25, 0.3) is 0 Å². The van der Waals surface area contributed by atoms with Gasteiger partial charge in [0.2, 0.25) is 0 Å². The molecule has 4 aliphatic carbocycles. The SMILES string of the molecule is CCCCCCCCC[Si@@](c1ccccc1)(C1CCC2CCCCC21)[C@H]1CCC2C=CC=CC21. The summed E-state index contributed by atoms with van der Waals surface area (Å²) in [6, 6.07) is 13.8. The monoisotopic (exact) mass is 474 g/mol. The molecule has 34 heavy (non-hydrogen) atoms. The molecule has 0 aromatic heterocycles. The molecule has 0 amide bonds. The average molecular weight is 475 g/mol. The van der Waals surface area contributed by atoms with Crippen molar-refractivity contribution in [2.45, 2.75) is 120 Å². The molecular formula is C33H50Si. The maximum atomic E-state index is 2.66. The highest BCUT2D eigenvalue weighted by Crippen LogP contribution is 2.61. The van der Waals surface area contributed by atoms with Crippen LogP contribution in [0.2, 0.25) is 17.1 Å². The van der Waals surface area contributed by atoms with Crippen LogP contribution in [0.3, 0.4) is 0 Å². The summed E-state index contributed by atoms with van der Waals surface area (Å²) in [4.78, 5) is 0. The third-order valence-electron chi connectivity index (χ3n) is 10.7. The first kappa shape index (κ1) is 24.6. The highest BCUT2D eigenvalue weighted by Gasteiger charge is 2.57. The summed E-state index contributed by atoms with van der Waals surface area (Å²) in [5.74, 6) is 3.75. The molecule has 0 N–H and O–H groups in total. The van der Waals surface area contributed by atoms with Crippen molar-refractivity contribution < 1.29 is 0 Å². The smallest absolute Gasteiger partial charge is 0.0808 e. The number of hydrogen-bond donors (Lipinski definition) is 0. The van der Waals surface area contributed by atoms with Crippen LogP contribution in [0.4, 0.5) is 0 Å². The molecule has 0 bridgehead atoms. The molecular weight excluding hydrogens is 424 g/mol. The third kappa shape index (κ3) is 4.93. The van der Waals surface area contributed by atoms with E-state index in [2.05, 4.69) is 61.6 Å². The zero-order valence-corrected chi connectivity index (χ0v) is 23.0. The van der Waals surface area contributed by atoms with Gasteiger partial charge in [-0.25, -0.2) is 0 Å². The van der Waals surface area contributed by atoms with E-state index in [4.69, 9.17) is 0 Å². The van der Waals surface area contributed by atoms with Crippen LogP contribution in [-0.2, 0) is 0 Å². The van der Waals surface area contributed by atoms with Crippen molar-refractivity contribution in [2.75, 3.05) is 0 Å². The maximum Gasteiger partial charge on any atom is 0.0936 e. The molecule has 0 nitrogen and oxygen atoms in total. The van der Waals surface area contributed by atoms with Gasteiger partial charge in [-0.3, -0.25) is 0 Å². The van der Waals surface area contributed by atoms with Gasteiger partial charge in [0, 0.05) is 0 Å². The lowest BCUT2D eigenvalue weighted by Crippen LogP contribution is -2.57. The predicted octanol–water partition coefficient (Wildman–Crippen LogP) is 9.59. The predicted molar refractivity (Wildman–Crippen MR) is 151 cm³/mol. The summed E-state index contributed by atoms with van der Waals surface area (Å²) in [5, 5.41) is 1.85. The van der Waals surface area contributed by atoms with E-state index in [1.54, 1.807) is 25.3 Å². The molecule has 0 saturated heterocycles. The fraction of sp³-hybridized carbons (Fsp3) is 0.697. The molecule has 0 spiro atoms. The zero-order valence-electron chi connectivity index (χ0n) is 22.0. The zero-order chi connectivity index (χ0) is 23.2. The summed E-state index contributed by atoms with van der Waals surface area (Å²) in [6.07, 6.45) is 32.3. The van der Waals surface area contributed by atoms with Crippen LogP contribution in [0.15, 0.2) is 54.6 Å². The van der Waals surface area contributed by atoms with E-state index in [0.29, 0.717) is 0 Å². The quantitative estimate of drug-likeness (QED) is 0.221. The van der Waals surface area contributed by atoms with Crippen LogP contribution in [0.1, 0.15) is 103 Å². The second-order valence-electron chi connectivity index (χ2n) is 12.4. The van der Waals surface area contributed by atoms with Crippen molar-refractivity contribution in [1.29, 1.82) is 0 Å². The van der Waals surface area contributed by atoms with Gasteiger partial charge in [-0.2, -0.15) is 0 Å². The molecule has 7 atom stereocenters. The Morgan fingerprint density at radius 2 is 1.44 bits per heavy atom. The van der Waals surface area contributed by atoms with Crippen LogP contribution in [0.25, 0.3) is 0 Å². The van der Waals surface area contributed by atoms with Gasteiger partial charge in [0.05, 0.1) is 8.07 Å². The van der Waals surface area contributed by atoms with Crippen molar-refractivity contribution in [2.24, 2.45) is 23.7 Å². The van der Waals surface area contributed by atoms with Gasteiger partial charge >= 0.3 is 0 Å². The molecule has 0 aliphatic heterocycles. The van der Waals surface area contributed by atoms with E-state index in [1.165, 1.54) is 77.0 Å². The van der Waals surface area contributed by atoms with Gasteiger partial charge in [0.1, 0.15) is 0 Å². The molecule has 3 saturated carbocycles. The van der Waals surface area contributed by atoms with Gasteiger partial charge in [0.15, 0.2) is 0 Å². The number of rotatable bonds is 11. The molecule has 5 unspecified atom stereocenters. The van der Waals surface area contributed by atoms with E-state index >= 15 is 0 Å². The Bertz CT molecular complexity index is 809. The number of allylic oxidation sites excluding steroid dienone is 4. The first-order valence-electron chi connectivity index (χ1n) is 15.2. The summed E-state index contributed by atoms with van der Waals surface area (Å²) < 4.78 is 0. The number of hydrogen-bond acceptors (Lipinski definition) is 0. The fourth-order valence-corrected chi connectivity index (χ4v) is 17.0. The summed E-state index contributed by atoms with van der Waals surface area (Å²) in [6.45, 7) is 2.34. The van der Waals surface area contributed by atoms with Gasteiger partial charge in [-0.1, -0.05) is 163 Å². The highest BCUT2D eigenvalue weighted by atomic mass is 28.3. The van der Waals surface area contributed by atoms with Crippen LogP contribution in [0.5, 0.6) is 0 Å². The first-order valence-corrected chi connectivity index (χ1v) is 17.6. The minimum atomic E-state index is -1.68. The Morgan fingerprint density at radius 1 is 0.706 bits per heavy atom. The molecule has 0 heterocycles. The Kier molecular flexibility index (Phi) is 8.52. The number of fused-ring (bicyclic) bond motifs is 2. The Morgan fingerprint density at radius 3 is 2.29 bits per heavy atom. The van der Waals surface area contributed by atoms with Crippen LogP contribution >= 0.6 is 0 Å². The molecule has 4 aliphatic rings. The third-order valence-corrected chi connectivity index (χ3v) is 17.4. The Hall–Kier alpha value is -1.08. The maximum absolute atomic E-state index is 2.66. The van der Waals surface area contributed by atoms with Crippen molar-refractivity contribution in [3.8, 4) is 0 Å². The van der Waals surface area contributed by atoms with E-state index in [-0.39, 0.29) is 0 Å². The lowest BCUT2D eigenvalue weighted by atomic mass is 9.82.